The number of hydrogen-bond acceptors (Lipinski definition) is 3. The summed E-state index contributed by atoms with van der Waals surface area (Å²) in [7, 11) is -3.67. The van der Waals surface area contributed by atoms with Crippen molar-refractivity contribution in [2.24, 2.45) is 5.92 Å². The van der Waals surface area contributed by atoms with Gasteiger partial charge in [-0.3, -0.25) is 4.55 Å². The Balaban J connectivity index is 0.000000621. The van der Waals surface area contributed by atoms with Gasteiger partial charge in [0.05, 0.1) is 6.26 Å². The average Bonchev–Trinajstić information content (AvgIpc) is 2.79. The predicted octanol–water partition coefficient (Wildman–Crippen LogP) is 3.58. The lowest BCUT2D eigenvalue weighted by Crippen LogP contribution is -2.21. The van der Waals surface area contributed by atoms with Crippen molar-refractivity contribution >= 4 is 10.1 Å². The molecule has 122 valence electrons. The summed E-state index contributed by atoms with van der Waals surface area (Å²) in [6.07, 6.45) is 12.1. The van der Waals surface area contributed by atoms with Gasteiger partial charge in [0.1, 0.15) is 0 Å². The molecule has 20 heavy (non-hydrogen) atoms. The fourth-order valence-corrected chi connectivity index (χ4v) is 2.56. The first-order valence-corrected chi connectivity index (χ1v) is 9.86. The van der Waals surface area contributed by atoms with Gasteiger partial charge in [-0.2, -0.15) is 8.42 Å². The Morgan fingerprint density at radius 2 is 1.65 bits per heavy atom. The Kier molecular flexibility index (Phi) is 11.4. The molecule has 1 aliphatic heterocycles. The first kappa shape index (κ1) is 19.9. The van der Waals surface area contributed by atoms with E-state index in [1.807, 2.05) is 0 Å². The Bertz CT molecular complexity index is 309. The molecule has 0 bridgehead atoms. The maximum Gasteiger partial charge on any atom is 0.261 e. The van der Waals surface area contributed by atoms with Gasteiger partial charge < -0.3 is 4.90 Å². The van der Waals surface area contributed by atoms with Crippen molar-refractivity contribution in [2.75, 3.05) is 25.9 Å². The SMILES string of the molecule is CCCCCCCCN1CCC(CC)C1.CS(=O)(=O)O. The molecule has 1 atom stereocenters. The molecule has 1 heterocycles. The molecule has 0 spiro atoms. The van der Waals surface area contributed by atoms with Gasteiger partial charge in [0.2, 0.25) is 0 Å². The molecule has 1 rings (SSSR count). The van der Waals surface area contributed by atoms with Crippen LogP contribution in [0.5, 0.6) is 0 Å². The van der Waals surface area contributed by atoms with Crippen LogP contribution in [0.1, 0.15) is 65.2 Å². The largest absolute Gasteiger partial charge is 0.303 e. The molecule has 0 amide bonds. The Morgan fingerprint density at radius 3 is 2.15 bits per heavy atom. The van der Waals surface area contributed by atoms with Crippen LogP contribution in [0.4, 0.5) is 0 Å². The van der Waals surface area contributed by atoms with Crippen molar-refractivity contribution < 1.29 is 13.0 Å². The third kappa shape index (κ3) is 14.3. The molecule has 0 saturated carbocycles. The van der Waals surface area contributed by atoms with E-state index >= 15 is 0 Å². The summed E-state index contributed by atoms with van der Waals surface area (Å²) in [5, 5.41) is 0. The minimum atomic E-state index is -3.67. The molecule has 0 aliphatic carbocycles. The highest BCUT2D eigenvalue weighted by atomic mass is 32.2. The third-order valence-electron chi connectivity index (χ3n) is 3.78. The molecule has 0 aromatic carbocycles. The van der Waals surface area contributed by atoms with E-state index in [2.05, 4.69) is 18.7 Å². The second-order valence-electron chi connectivity index (χ2n) is 5.86. The van der Waals surface area contributed by atoms with E-state index in [4.69, 9.17) is 4.55 Å². The van der Waals surface area contributed by atoms with Gasteiger partial charge in [-0.25, -0.2) is 0 Å². The van der Waals surface area contributed by atoms with Crippen molar-refractivity contribution in [3.63, 3.8) is 0 Å². The fourth-order valence-electron chi connectivity index (χ4n) is 2.56. The monoisotopic (exact) mass is 307 g/mol. The first-order valence-electron chi connectivity index (χ1n) is 8.01. The lowest BCUT2D eigenvalue weighted by Gasteiger charge is -2.15. The van der Waals surface area contributed by atoms with Crippen LogP contribution < -0.4 is 0 Å². The van der Waals surface area contributed by atoms with Gasteiger partial charge in [0.25, 0.3) is 10.1 Å². The predicted molar refractivity (Wildman–Crippen MR) is 85.7 cm³/mol. The fraction of sp³-hybridized carbons (Fsp3) is 1.00. The molecule has 5 heteroatoms. The highest BCUT2D eigenvalue weighted by molar-refractivity contribution is 7.85. The molecule has 1 unspecified atom stereocenters. The molecule has 1 fully saturated rings. The van der Waals surface area contributed by atoms with Crippen LogP contribution in [-0.4, -0.2) is 43.8 Å². The molecule has 0 aromatic rings. The topological polar surface area (TPSA) is 57.6 Å². The zero-order valence-electron chi connectivity index (χ0n) is 13.5. The highest BCUT2D eigenvalue weighted by Crippen LogP contribution is 2.19. The summed E-state index contributed by atoms with van der Waals surface area (Å²) in [4.78, 5) is 2.67. The van der Waals surface area contributed by atoms with E-state index in [9.17, 15) is 8.42 Å². The summed E-state index contributed by atoms with van der Waals surface area (Å²) >= 11 is 0. The number of hydrogen-bond donors (Lipinski definition) is 1. The van der Waals surface area contributed by atoms with Gasteiger partial charge in [0.15, 0.2) is 0 Å². The maximum atomic E-state index is 9.19. The summed E-state index contributed by atoms with van der Waals surface area (Å²) in [5.74, 6) is 1.00. The van der Waals surface area contributed by atoms with E-state index in [1.54, 1.807) is 0 Å². The van der Waals surface area contributed by atoms with E-state index < -0.39 is 10.1 Å². The zero-order chi connectivity index (χ0) is 15.4. The second kappa shape index (κ2) is 11.5. The van der Waals surface area contributed by atoms with Crippen molar-refractivity contribution in [3.8, 4) is 0 Å². The Hall–Kier alpha value is -0.130. The minimum absolute atomic E-state index is 0.715. The summed E-state index contributed by atoms with van der Waals surface area (Å²) in [6, 6.07) is 0. The first-order chi connectivity index (χ1) is 9.36. The maximum absolute atomic E-state index is 9.19. The molecule has 0 radical (unpaired) electrons. The minimum Gasteiger partial charge on any atom is -0.303 e. The van der Waals surface area contributed by atoms with Gasteiger partial charge >= 0.3 is 0 Å². The number of unbranched alkanes of at least 4 members (excludes halogenated alkanes) is 5. The molecule has 1 aliphatic rings. The normalized spacial score (nSPS) is 19.7. The Labute approximate surface area is 125 Å². The average molecular weight is 308 g/mol. The quantitative estimate of drug-likeness (QED) is 0.550. The van der Waals surface area contributed by atoms with Crippen LogP contribution in [0.15, 0.2) is 0 Å². The van der Waals surface area contributed by atoms with E-state index in [-0.39, 0.29) is 0 Å². The van der Waals surface area contributed by atoms with Gasteiger partial charge in [-0.1, -0.05) is 52.4 Å². The van der Waals surface area contributed by atoms with Gasteiger partial charge in [0, 0.05) is 6.54 Å². The third-order valence-corrected chi connectivity index (χ3v) is 3.78. The number of rotatable bonds is 8. The molecule has 1 N–H and O–H groups in total. The summed E-state index contributed by atoms with van der Waals surface area (Å²) < 4.78 is 25.9. The highest BCUT2D eigenvalue weighted by Gasteiger charge is 2.19. The van der Waals surface area contributed by atoms with Crippen molar-refractivity contribution in [1.82, 2.24) is 4.90 Å². The van der Waals surface area contributed by atoms with Crippen LogP contribution in [-0.2, 0) is 10.1 Å². The lowest BCUT2D eigenvalue weighted by molar-refractivity contribution is 0.313. The van der Waals surface area contributed by atoms with E-state index in [0.29, 0.717) is 6.26 Å². The van der Waals surface area contributed by atoms with Crippen LogP contribution in [0.3, 0.4) is 0 Å². The summed E-state index contributed by atoms with van der Waals surface area (Å²) in [5.41, 5.74) is 0. The molecule has 0 aromatic heterocycles. The number of nitrogens with zero attached hydrogens (tertiary/aromatic N) is 1. The summed E-state index contributed by atoms with van der Waals surface area (Å²) in [6.45, 7) is 8.73. The van der Waals surface area contributed by atoms with Crippen LogP contribution >= 0.6 is 0 Å². The second-order valence-corrected chi connectivity index (χ2v) is 7.33. The van der Waals surface area contributed by atoms with Crippen LogP contribution in [0.25, 0.3) is 0 Å². The zero-order valence-corrected chi connectivity index (χ0v) is 14.3. The van der Waals surface area contributed by atoms with Crippen LogP contribution in [0.2, 0.25) is 0 Å². The van der Waals surface area contributed by atoms with Gasteiger partial charge in [-0.15, -0.1) is 0 Å². The van der Waals surface area contributed by atoms with Gasteiger partial charge in [-0.05, 0) is 31.8 Å². The van der Waals surface area contributed by atoms with Crippen LogP contribution in [0, 0.1) is 5.92 Å². The van der Waals surface area contributed by atoms with E-state index in [1.165, 1.54) is 71.0 Å². The van der Waals surface area contributed by atoms with Crippen molar-refractivity contribution in [1.29, 1.82) is 0 Å². The molecule has 1 saturated heterocycles. The Morgan fingerprint density at radius 1 is 1.10 bits per heavy atom. The molecular weight excluding hydrogens is 274 g/mol. The molecular formula is C15H33NO3S. The van der Waals surface area contributed by atoms with E-state index in [0.717, 1.165) is 5.92 Å². The standard InChI is InChI=1S/C14H29N.CH4O3S/c1-3-5-6-7-8-9-11-15-12-10-14(4-2)13-15;1-5(2,3)4/h14H,3-13H2,1-2H3;1H3,(H,2,3,4). The van der Waals surface area contributed by atoms with Crippen molar-refractivity contribution in [2.45, 2.75) is 65.2 Å². The smallest absolute Gasteiger partial charge is 0.261 e. The van der Waals surface area contributed by atoms with Crippen molar-refractivity contribution in [3.05, 3.63) is 0 Å². The molecule has 4 nitrogen and oxygen atoms in total. The number of likely N-dealkylation sites (tertiary alicyclic amines) is 1. The lowest BCUT2D eigenvalue weighted by atomic mass is 10.1.